The second-order valence-corrected chi connectivity index (χ2v) is 7.39. The molecule has 164 valence electrons. The summed E-state index contributed by atoms with van der Waals surface area (Å²) in [5, 5.41) is 6.21. The highest BCUT2D eigenvalue weighted by Crippen LogP contribution is 2.27. The molecule has 2 aromatic heterocycles. The number of amides is 1. The van der Waals surface area contributed by atoms with Crippen LogP contribution in [0.15, 0.2) is 61.1 Å². The Kier molecular flexibility index (Phi) is 6.32. The number of anilines is 2. The van der Waals surface area contributed by atoms with Crippen molar-refractivity contribution in [3.05, 3.63) is 72.2 Å². The Bertz CT molecular complexity index is 1230. The smallest absolute Gasteiger partial charge is 0.251 e. The van der Waals surface area contributed by atoms with Gasteiger partial charge >= 0.3 is 0 Å². The number of aryl methyl sites for hydroxylation is 1. The second-order valence-electron chi connectivity index (χ2n) is 7.39. The third-order valence-electron chi connectivity index (χ3n) is 5.21. The molecule has 0 aliphatic heterocycles. The molecule has 4 N–H and O–H groups in total. The van der Waals surface area contributed by atoms with Gasteiger partial charge in [-0.25, -0.2) is 9.97 Å². The van der Waals surface area contributed by atoms with Gasteiger partial charge in [-0.2, -0.15) is 0 Å². The Hall–Kier alpha value is -3.91. The van der Waals surface area contributed by atoms with Crippen LogP contribution in [0.1, 0.15) is 22.3 Å². The molecule has 0 saturated carbocycles. The Morgan fingerprint density at radius 2 is 1.97 bits per heavy atom. The van der Waals surface area contributed by atoms with Gasteiger partial charge in [-0.3, -0.25) is 9.20 Å². The lowest BCUT2D eigenvalue weighted by atomic mass is 10.1. The topological polar surface area (TPSA) is 107 Å². The van der Waals surface area contributed by atoms with Gasteiger partial charge in [0.25, 0.3) is 5.91 Å². The van der Waals surface area contributed by atoms with Gasteiger partial charge in [0.1, 0.15) is 5.75 Å². The van der Waals surface area contributed by atoms with Gasteiger partial charge in [0.05, 0.1) is 19.0 Å². The van der Waals surface area contributed by atoms with Crippen LogP contribution in [0.4, 0.5) is 11.5 Å². The Labute approximate surface area is 186 Å². The molecule has 0 atom stereocenters. The van der Waals surface area contributed by atoms with Gasteiger partial charge in [0.2, 0.25) is 0 Å². The summed E-state index contributed by atoms with van der Waals surface area (Å²) < 4.78 is 7.23. The maximum atomic E-state index is 12.4. The number of aromatic nitrogens is 3. The lowest BCUT2D eigenvalue weighted by Gasteiger charge is -2.11. The van der Waals surface area contributed by atoms with Crippen LogP contribution in [0.25, 0.3) is 16.9 Å². The molecule has 2 heterocycles. The lowest BCUT2D eigenvalue weighted by Crippen LogP contribution is -2.26. The number of benzene rings is 2. The lowest BCUT2D eigenvalue weighted by molar-refractivity contribution is 0.0953. The normalized spacial score (nSPS) is 10.8. The first-order valence-corrected chi connectivity index (χ1v) is 10.4. The first-order chi connectivity index (χ1) is 15.6. The standard InChI is InChI=1S/C24H26N6O2/c1-16-14-18(6-9-20(16)24(31)27-11-3-10-25)29-22-23-28-15-21(30(23)13-12-26-22)17-4-7-19(32-2)8-5-17/h4-9,12-15H,3,10-11,25H2,1-2H3,(H,26,29)(H,27,31). The number of ether oxygens (including phenoxy) is 1. The van der Waals surface area contributed by atoms with Crippen molar-refractivity contribution < 1.29 is 9.53 Å². The number of fused-ring (bicyclic) bond motifs is 1. The minimum atomic E-state index is -0.0971. The predicted octanol–water partition coefficient (Wildman–Crippen LogP) is 3.54. The van der Waals surface area contributed by atoms with E-state index >= 15 is 0 Å². The molecule has 0 saturated heterocycles. The number of imidazole rings is 1. The van der Waals surface area contributed by atoms with Crippen molar-refractivity contribution in [3.8, 4) is 17.0 Å². The van der Waals surface area contributed by atoms with Gasteiger partial charge in [-0.1, -0.05) is 0 Å². The molecule has 0 spiro atoms. The van der Waals surface area contributed by atoms with Crippen LogP contribution in [0.3, 0.4) is 0 Å². The monoisotopic (exact) mass is 430 g/mol. The summed E-state index contributed by atoms with van der Waals surface area (Å²) in [6.07, 6.45) is 6.19. The highest BCUT2D eigenvalue weighted by atomic mass is 16.5. The van der Waals surface area contributed by atoms with Crippen molar-refractivity contribution in [1.82, 2.24) is 19.7 Å². The summed E-state index contributed by atoms with van der Waals surface area (Å²) in [7, 11) is 1.65. The van der Waals surface area contributed by atoms with Crippen molar-refractivity contribution in [3.63, 3.8) is 0 Å². The van der Waals surface area contributed by atoms with E-state index in [1.165, 1.54) is 0 Å². The first-order valence-electron chi connectivity index (χ1n) is 10.4. The molecule has 4 aromatic rings. The summed E-state index contributed by atoms with van der Waals surface area (Å²) in [6, 6.07) is 13.4. The van der Waals surface area contributed by atoms with Gasteiger partial charge in [-0.15, -0.1) is 0 Å². The summed E-state index contributed by atoms with van der Waals surface area (Å²) >= 11 is 0. The fourth-order valence-corrected chi connectivity index (χ4v) is 3.51. The first kappa shape index (κ1) is 21.3. The molecule has 32 heavy (non-hydrogen) atoms. The van der Waals surface area contributed by atoms with Crippen LogP contribution in [0.2, 0.25) is 0 Å². The molecule has 4 rings (SSSR count). The number of rotatable bonds is 8. The third-order valence-corrected chi connectivity index (χ3v) is 5.21. The SMILES string of the molecule is COc1ccc(-c2cnc3c(Nc4ccc(C(=O)NCCCN)c(C)c4)nccn23)cc1. The Balaban J connectivity index is 1.57. The number of carbonyl (C=O) groups is 1. The summed E-state index contributed by atoms with van der Waals surface area (Å²) in [6.45, 7) is 3.03. The van der Waals surface area contributed by atoms with Crippen LogP contribution in [0.5, 0.6) is 5.75 Å². The number of methoxy groups -OCH3 is 1. The molecule has 0 aliphatic carbocycles. The van der Waals surface area contributed by atoms with Crippen LogP contribution >= 0.6 is 0 Å². The van der Waals surface area contributed by atoms with Gasteiger partial charge < -0.3 is 21.1 Å². The van der Waals surface area contributed by atoms with Crippen LogP contribution < -0.4 is 21.1 Å². The van der Waals surface area contributed by atoms with E-state index in [2.05, 4.69) is 20.6 Å². The van der Waals surface area contributed by atoms with Crippen LogP contribution in [0, 0.1) is 6.92 Å². The minimum absolute atomic E-state index is 0.0971. The number of nitrogens with zero attached hydrogens (tertiary/aromatic N) is 3. The summed E-state index contributed by atoms with van der Waals surface area (Å²) in [4.78, 5) is 21.4. The van der Waals surface area contributed by atoms with Crippen LogP contribution in [-0.2, 0) is 0 Å². The molecule has 0 bridgehead atoms. The largest absolute Gasteiger partial charge is 0.497 e. The number of nitrogens with one attached hydrogen (secondary N) is 2. The molecule has 2 aromatic carbocycles. The number of carbonyl (C=O) groups excluding carboxylic acids is 1. The fraction of sp³-hybridized carbons (Fsp3) is 0.208. The van der Waals surface area contributed by atoms with Gasteiger partial charge in [0, 0.05) is 35.8 Å². The van der Waals surface area contributed by atoms with Crippen molar-refractivity contribution in [1.29, 1.82) is 0 Å². The molecule has 8 nitrogen and oxygen atoms in total. The number of nitrogens with two attached hydrogens (primary N) is 1. The third kappa shape index (κ3) is 4.40. The second kappa shape index (κ2) is 9.49. The van der Waals surface area contributed by atoms with Crippen molar-refractivity contribution >= 4 is 23.1 Å². The van der Waals surface area contributed by atoms with E-state index in [0.717, 1.165) is 34.7 Å². The Morgan fingerprint density at radius 1 is 1.16 bits per heavy atom. The van der Waals surface area contributed by atoms with Gasteiger partial charge in [0.15, 0.2) is 11.5 Å². The van der Waals surface area contributed by atoms with Gasteiger partial charge in [-0.05, 0) is 67.9 Å². The van der Waals surface area contributed by atoms with Crippen molar-refractivity contribution in [2.75, 3.05) is 25.5 Å². The van der Waals surface area contributed by atoms with E-state index in [9.17, 15) is 4.79 Å². The summed E-state index contributed by atoms with van der Waals surface area (Å²) in [5.41, 5.74) is 10.5. The fourth-order valence-electron chi connectivity index (χ4n) is 3.51. The zero-order valence-corrected chi connectivity index (χ0v) is 18.1. The van der Waals surface area contributed by atoms with E-state index in [0.29, 0.717) is 30.1 Å². The minimum Gasteiger partial charge on any atom is -0.497 e. The van der Waals surface area contributed by atoms with E-state index in [1.54, 1.807) is 13.3 Å². The highest BCUT2D eigenvalue weighted by molar-refractivity contribution is 5.96. The average molecular weight is 431 g/mol. The average Bonchev–Trinajstić information content (AvgIpc) is 3.24. The molecular weight excluding hydrogens is 404 g/mol. The number of hydrogen-bond acceptors (Lipinski definition) is 6. The molecule has 0 radical (unpaired) electrons. The molecule has 0 unspecified atom stereocenters. The highest BCUT2D eigenvalue weighted by Gasteiger charge is 2.13. The van der Waals surface area contributed by atoms with E-state index in [-0.39, 0.29) is 5.91 Å². The predicted molar refractivity (Wildman–Crippen MR) is 125 cm³/mol. The zero-order valence-electron chi connectivity index (χ0n) is 18.1. The number of hydrogen-bond donors (Lipinski definition) is 3. The Morgan fingerprint density at radius 3 is 2.69 bits per heavy atom. The quantitative estimate of drug-likeness (QED) is 0.369. The molecule has 0 aliphatic rings. The van der Waals surface area contributed by atoms with Crippen LogP contribution in [-0.4, -0.2) is 40.5 Å². The molecule has 8 heteroatoms. The molecule has 1 amide bonds. The van der Waals surface area contributed by atoms with Crippen molar-refractivity contribution in [2.45, 2.75) is 13.3 Å². The molecular formula is C24H26N6O2. The van der Waals surface area contributed by atoms with Crippen molar-refractivity contribution in [2.24, 2.45) is 5.73 Å². The maximum Gasteiger partial charge on any atom is 0.251 e. The van der Waals surface area contributed by atoms with E-state index < -0.39 is 0 Å². The molecule has 0 fully saturated rings. The van der Waals surface area contributed by atoms with E-state index in [1.807, 2.05) is 66.2 Å². The summed E-state index contributed by atoms with van der Waals surface area (Å²) in [5.74, 6) is 1.34. The van der Waals surface area contributed by atoms with E-state index in [4.69, 9.17) is 10.5 Å². The maximum absolute atomic E-state index is 12.4. The zero-order chi connectivity index (χ0) is 22.5.